The molecule has 2 rings (SSSR count). The minimum atomic E-state index is -0.694. The standard InChI is InChI=1S/C14H9BrF2O/c15-10-6-4-9(5-7-10)14(18)8-11-12(16)2-1-3-13(11)17/h1-7H,8H2. The van der Waals surface area contributed by atoms with Gasteiger partial charge in [-0.15, -0.1) is 0 Å². The minimum absolute atomic E-state index is 0.189. The molecular formula is C14H9BrF2O. The number of carbonyl (C=O) groups is 1. The van der Waals surface area contributed by atoms with Gasteiger partial charge in [0.25, 0.3) is 0 Å². The van der Waals surface area contributed by atoms with E-state index in [1.807, 2.05) is 0 Å². The number of hydrogen-bond donors (Lipinski definition) is 0. The fourth-order valence-electron chi connectivity index (χ4n) is 1.60. The summed E-state index contributed by atoms with van der Waals surface area (Å²) >= 11 is 3.25. The molecule has 1 nitrogen and oxygen atoms in total. The van der Waals surface area contributed by atoms with Crippen LogP contribution >= 0.6 is 15.9 Å². The second-order valence-electron chi connectivity index (χ2n) is 3.81. The van der Waals surface area contributed by atoms with Crippen molar-refractivity contribution in [2.24, 2.45) is 0 Å². The van der Waals surface area contributed by atoms with Crippen LogP contribution < -0.4 is 0 Å². The molecule has 0 heterocycles. The average molecular weight is 311 g/mol. The van der Waals surface area contributed by atoms with Gasteiger partial charge in [0.15, 0.2) is 5.78 Å². The van der Waals surface area contributed by atoms with E-state index in [1.165, 1.54) is 6.07 Å². The molecular weight excluding hydrogens is 302 g/mol. The Kier molecular flexibility index (Phi) is 3.87. The van der Waals surface area contributed by atoms with Crippen molar-refractivity contribution in [3.8, 4) is 0 Å². The molecule has 0 amide bonds. The molecule has 0 aliphatic heterocycles. The van der Waals surface area contributed by atoms with E-state index < -0.39 is 11.6 Å². The molecule has 0 aliphatic carbocycles. The number of ketones is 1. The third-order valence-electron chi connectivity index (χ3n) is 2.57. The monoisotopic (exact) mass is 310 g/mol. The highest BCUT2D eigenvalue weighted by atomic mass is 79.9. The van der Waals surface area contributed by atoms with Crippen LogP contribution in [0.25, 0.3) is 0 Å². The van der Waals surface area contributed by atoms with Crippen molar-refractivity contribution in [3.63, 3.8) is 0 Å². The van der Waals surface area contributed by atoms with Gasteiger partial charge >= 0.3 is 0 Å². The van der Waals surface area contributed by atoms with Crippen molar-refractivity contribution >= 4 is 21.7 Å². The van der Waals surface area contributed by atoms with Gasteiger partial charge in [-0.25, -0.2) is 8.78 Å². The Balaban J connectivity index is 2.24. The number of carbonyl (C=O) groups excluding carboxylic acids is 1. The number of benzene rings is 2. The summed E-state index contributed by atoms with van der Waals surface area (Å²) in [6.07, 6.45) is -0.278. The van der Waals surface area contributed by atoms with Gasteiger partial charge in [-0.2, -0.15) is 0 Å². The van der Waals surface area contributed by atoms with Crippen molar-refractivity contribution in [1.29, 1.82) is 0 Å². The first-order valence-corrected chi connectivity index (χ1v) is 6.09. The second kappa shape index (κ2) is 5.40. The average Bonchev–Trinajstić information content (AvgIpc) is 2.34. The summed E-state index contributed by atoms with van der Waals surface area (Å²) < 4.78 is 27.6. The maximum absolute atomic E-state index is 13.4. The molecule has 0 aliphatic rings. The molecule has 0 atom stereocenters. The summed E-state index contributed by atoms with van der Waals surface area (Å²) in [6, 6.07) is 10.2. The summed E-state index contributed by atoms with van der Waals surface area (Å²) in [4.78, 5) is 11.9. The molecule has 0 radical (unpaired) electrons. The molecule has 0 unspecified atom stereocenters. The van der Waals surface area contributed by atoms with Crippen molar-refractivity contribution < 1.29 is 13.6 Å². The summed E-state index contributed by atoms with van der Waals surface area (Å²) in [6.45, 7) is 0. The predicted octanol–water partition coefficient (Wildman–Crippen LogP) is 4.15. The maximum Gasteiger partial charge on any atom is 0.167 e. The molecule has 2 aromatic rings. The lowest BCUT2D eigenvalue weighted by Gasteiger charge is -2.04. The highest BCUT2D eigenvalue weighted by molar-refractivity contribution is 9.10. The Hall–Kier alpha value is -1.55. The summed E-state index contributed by atoms with van der Waals surface area (Å²) in [5.74, 6) is -1.70. The van der Waals surface area contributed by atoms with Crippen LogP contribution in [0, 0.1) is 11.6 Å². The largest absolute Gasteiger partial charge is 0.294 e. The quantitative estimate of drug-likeness (QED) is 0.778. The molecule has 0 spiro atoms. The van der Waals surface area contributed by atoms with E-state index in [9.17, 15) is 13.6 Å². The molecule has 0 saturated heterocycles. The van der Waals surface area contributed by atoms with Gasteiger partial charge in [0.1, 0.15) is 11.6 Å². The lowest BCUT2D eigenvalue weighted by molar-refractivity contribution is 0.0990. The van der Waals surface area contributed by atoms with E-state index in [1.54, 1.807) is 24.3 Å². The number of halogens is 3. The molecule has 0 N–H and O–H groups in total. The second-order valence-corrected chi connectivity index (χ2v) is 4.72. The third-order valence-corrected chi connectivity index (χ3v) is 3.09. The van der Waals surface area contributed by atoms with Gasteiger partial charge in [-0.3, -0.25) is 4.79 Å². The smallest absolute Gasteiger partial charge is 0.167 e. The molecule has 18 heavy (non-hydrogen) atoms. The SMILES string of the molecule is O=C(Cc1c(F)cccc1F)c1ccc(Br)cc1. The van der Waals surface area contributed by atoms with E-state index >= 15 is 0 Å². The first-order valence-electron chi connectivity index (χ1n) is 5.29. The van der Waals surface area contributed by atoms with Crippen molar-refractivity contribution in [3.05, 3.63) is 69.7 Å². The van der Waals surface area contributed by atoms with Gasteiger partial charge in [0.2, 0.25) is 0 Å². The zero-order valence-electron chi connectivity index (χ0n) is 9.29. The van der Waals surface area contributed by atoms with Crippen LogP contribution in [0.1, 0.15) is 15.9 Å². The zero-order valence-corrected chi connectivity index (χ0v) is 10.9. The minimum Gasteiger partial charge on any atom is -0.294 e. The zero-order chi connectivity index (χ0) is 13.1. The van der Waals surface area contributed by atoms with Crippen LogP contribution in [-0.4, -0.2) is 5.78 Å². The van der Waals surface area contributed by atoms with Gasteiger partial charge in [-0.1, -0.05) is 34.1 Å². The van der Waals surface area contributed by atoms with Gasteiger partial charge in [0, 0.05) is 22.0 Å². The van der Waals surface area contributed by atoms with Crippen LogP contribution in [-0.2, 0) is 6.42 Å². The van der Waals surface area contributed by atoms with E-state index in [0.717, 1.165) is 16.6 Å². The number of rotatable bonds is 3. The van der Waals surface area contributed by atoms with E-state index in [4.69, 9.17) is 0 Å². The van der Waals surface area contributed by atoms with E-state index in [0.29, 0.717) is 5.56 Å². The van der Waals surface area contributed by atoms with Crippen LogP contribution in [0.5, 0.6) is 0 Å². The summed E-state index contributed by atoms with van der Waals surface area (Å²) in [5.41, 5.74) is 0.242. The highest BCUT2D eigenvalue weighted by Gasteiger charge is 2.14. The Morgan fingerprint density at radius 1 is 1.00 bits per heavy atom. The normalized spacial score (nSPS) is 10.4. The van der Waals surface area contributed by atoms with Crippen LogP contribution in [0.4, 0.5) is 8.78 Å². The topological polar surface area (TPSA) is 17.1 Å². The Morgan fingerprint density at radius 3 is 2.11 bits per heavy atom. The van der Waals surface area contributed by atoms with Gasteiger partial charge in [-0.05, 0) is 24.3 Å². The maximum atomic E-state index is 13.4. The molecule has 0 saturated carbocycles. The fourth-order valence-corrected chi connectivity index (χ4v) is 1.86. The Morgan fingerprint density at radius 2 is 1.56 bits per heavy atom. The van der Waals surface area contributed by atoms with Gasteiger partial charge in [0.05, 0.1) is 0 Å². The number of hydrogen-bond acceptors (Lipinski definition) is 1. The van der Waals surface area contributed by atoms with E-state index in [2.05, 4.69) is 15.9 Å². The lowest BCUT2D eigenvalue weighted by atomic mass is 10.0. The Labute approximate surface area is 112 Å². The van der Waals surface area contributed by atoms with Crippen LogP contribution in [0.2, 0.25) is 0 Å². The Bertz CT molecular complexity index is 559. The third kappa shape index (κ3) is 2.82. The molecule has 0 aromatic heterocycles. The van der Waals surface area contributed by atoms with Crippen LogP contribution in [0.15, 0.2) is 46.9 Å². The predicted molar refractivity (Wildman–Crippen MR) is 68.5 cm³/mol. The molecule has 4 heteroatoms. The highest BCUT2D eigenvalue weighted by Crippen LogP contribution is 2.16. The number of Topliss-reactive ketones (excluding diaryl/α,β-unsaturated/α-hetero) is 1. The molecule has 92 valence electrons. The molecule has 0 fully saturated rings. The summed E-state index contributed by atoms with van der Waals surface area (Å²) in [7, 11) is 0. The fraction of sp³-hybridized carbons (Fsp3) is 0.0714. The first kappa shape index (κ1) is 12.9. The van der Waals surface area contributed by atoms with Crippen molar-refractivity contribution in [2.45, 2.75) is 6.42 Å². The van der Waals surface area contributed by atoms with Crippen LogP contribution in [0.3, 0.4) is 0 Å². The van der Waals surface area contributed by atoms with Gasteiger partial charge < -0.3 is 0 Å². The molecule has 2 aromatic carbocycles. The lowest BCUT2D eigenvalue weighted by Crippen LogP contribution is -2.07. The summed E-state index contributed by atoms with van der Waals surface area (Å²) in [5, 5.41) is 0. The van der Waals surface area contributed by atoms with E-state index in [-0.39, 0.29) is 17.8 Å². The first-order chi connectivity index (χ1) is 8.58. The molecule has 0 bridgehead atoms. The van der Waals surface area contributed by atoms with Crippen molar-refractivity contribution in [1.82, 2.24) is 0 Å². The van der Waals surface area contributed by atoms with Crippen molar-refractivity contribution in [2.75, 3.05) is 0 Å².